The predicted molar refractivity (Wildman–Crippen MR) is 98.2 cm³/mol. The normalized spacial score (nSPS) is 16.8. The molecule has 0 amide bonds. The number of alkyl halides is 2. The first kappa shape index (κ1) is 20.8. The van der Waals surface area contributed by atoms with Crippen LogP contribution in [-0.2, 0) is 0 Å². The Morgan fingerprint density at radius 1 is 1.19 bits per heavy atom. The Morgan fingerprint density at radius 2 is 1.88 bits per heavy atom. The van der Waals surface area contributed by atoms with Crippen LogP contribution in [0.25, 0.3) is 0 Å². The van der Waals surface area contributed by atoms with Crippen molar-refractivity contribution in [2.75, 3.05) is 57.4 Å². The van der Waals surface area contributed by atoms with Gasteiger partial charge in [0.25, 0.3) is 5.92 Å². The van der Waals surface area contributed by atoms with Gasteiger partial charge in [0.05, 0.1) is 19.3 Å². The number of piperazine rings is 1. The Hall–Kier alpha value is -1.51. The van der Waals surface area contributed by atoms with Crippen LogP contribution in [0.1, 0.15) is 20.8 Å². The third-order valence-electron chi connectivity index (χ3n) is 4.16. The van der Waals surface area contributed by atoms with E-state index in [0.29, 0.717) is 12.3 Å². The Bertz CT molecular complexity index is 541. The fraction of sp³-hybridized carbons (Fsp3) is 0.722. The first-order valence-corrected chi connectivity index (χ1v) is 8.98. The summed E-state index contributed by atoms with van der Waals surface area (Å²) in [5, 5.41) is 11.8. The maximum atomic E-state index is 13.9. The predicted octanol–water partition coefficient (Wildman–Crippen LogP) is 1.60. The summed E-state index contributed by atoms with van der Waals surface area (Å²) in [5.74, 6) is -1.81. The average Bonchev–Trinajstić information content (AvgIpc) is 2.60. The molecular weight excluding hydrogens is 342 g/mol. The topological polar surface area (TPSA) is 60.9 Å². The first-order chi connectivity index (χ1) is 12.2. The van der Waals surface area contributed by atoms with Crippen LogP contribution in [0.3, 0.4) is 0 Å². The maximum Gasteiger partial charge on any atom is 0.293 e. The summed E-state index contributed by atoms with van der Waals surface area (Å²) in [5.41, 5.74) is -0.367. The maximum absolute atomic E-state index is 13.9. The minimum absolute atomic E-state index is 0.167. The van der Waals surface area contributed by atoms with Crippen molar-refractivity contribution in [3.63, 3.8) is 0 Å². The third kappa shape index (κ3) is 7.01. The van der Waals surface area contributed by atoms with Crippen LogP contribution in [0.4, 0.5) is 14.6 Å². The van der Waals surface area contributed by atoms with E-state index in [-0.39, 0.29) is 12.1 Å². The number of aliphatic hydroxyl groups is 1. The van der Waals surface area contributed by atoms with E-state index in [2.05, 4.69) is 20.1 Å². The van der Waals surface area contributed by atoms with Gasteiger partial charge in [0.2, 0.25) is 0 Å². The molecule has 0 bridgehead atoms. The van der Waals surface area contributed by atoms with Gasteiger partial charge in [-0.2, -0.15) is 0 Å². The van der Waals surface area contributed by atoms with E-state index in [1.807, 2.05) is 20.8 Å². The highest BCUT2D eigenvalue weighted by Gasteiger charge is 2.31. The van der Waals surface area contributed by atoms with Crippen LogP contribution in [0.2, 0.25) is 0 Å². The molecular formula is C18H30F2N4O2. The molecule has 0 aliphatic carbocycles. The third-order valence-corrected chi connectivity index (χ3v) is 4.16. The molecule has 0 atom stereocenters. The SMILES string of the molecule is CC(C)(C)NCC(F)(F)COc1ccc(N2CCN(CCO)CC2)nc1. The van der Waals surface area contributed by atoms with Crippen molar-refractivity contribution in [1.29, 1.82) is 0 Å². The summed E-state index contributed by atoms with van der Waals surface area (Å²) in [4.78, 5) is 8.67. The standard InChI is InChI=1S/C18H30F2N4O2/c1-17(2,3)22-13-18(19,20)14-26-15-4-5-16(21-12-15)24-8-6-23(7-9-24)10-11-25/h4-5,12,22,25H,6-11,13-14H2,1-3H3. The zero-order valence-corrected chi connectivity index (χ0v) is 15.8. The molecule has 26 heavy (non-hydrogen) atoms. The number of aromatic nitrogens is 1. The summed E-state index contributed by atoms with van der Waals surface area (Å²) in [6.07, 6.45) is 1.49. The molecule has 148 valence electrons. The minimum Gasteiger partial charge on any atom is -0.486 e. The van der Waals surface area contributed by atoms with E-state index < -0.39 is 19.1 Å². The van der Waals surface area contributed by atoms with Gasteiger partial charge in [0.1, 0.15) is 11.6 Å². The molecule has 1 aliphatic rings. The number of aliphatic hydroxyl groups excluding tert-OH is 1. The number of hydrogen-bond donors (Lipinski definition) is 2. The van der Waals surface area contributed by atoms with Gasteiger partial charge in [-0.1, -0.05) is 0 Å². The second-order valence-electron chi connectivity index (χ2n) is 7.65. The molecule has 2 N–H and O–H groups in total. The van der Waals surface area contributed by atoms with Crippen molar-refractivity contribution in [2.24, 2.45) is 0 Å². The molecule has 0 radical (unpaired) electrons. The lowest BCUT2D eigenvalue weighted by Crippen LogP contribution is -2.47. The number of ether oxygens (including phenoxy) is 1. The van der Waals surface area contributed by atoms with Crippen LogP contribution in [0.5, 0.6) is 5.75 Å². The molecule has 2 rings (SSSR count). The summed E-state index contributed by atoms with van der Waals surface area (Å²) in [7, 11) is 0. The number of nitrogens with one attached hydrogen (secondary N) is 1. The van der Waals surface area contributed by atoms with Gasteiger partial charge >= 0.3 is 0 Å². The van der Waals surface area contributed by atoms with Gasteiger partial charge in [-0.25, -0.2) is 13.8 Å². The zero-order chi connectivity index (χ0) is 19.2. The molecule has 0 saturated carbocycles. The van der Waals surface area contributed by atoms with Crippen LogP contribution in [0, 0.1) is 0 Å². The summed E-state index contributed by atoms with van der Waals surface area (Å²) in [6, 6.07) is 3.47. The van der Waals surface area contributed by atoms with Gasteiger partial charge in [-0.3, -0.25) is 4.90 Å². The first-order valence-electron chi connectivity index (χ1n) is 8.98. The molecule has 1 aromatic heterocycles. The van der Waals surface area contributed by atoms with Crippen LogP contribution < -0.4 is 15.0 Å². The number of β-amino-alcohol motifs (C(OH)–C–C–N with tert-alkyl or cyclic N) is 1. The highest BCUT2D eigenvalue weighted by atomic mass is 19.3. The highest BCUT2D eigenvalue weighted by Crippen LogP contribution is 2.20. The number of anilines is 1. The second-order valence-corrected chi connectivity index (χ2v) is 7.65. The molecule has 1 fully saturated rings. The number of nitrogens with zero attached hydrogens (tertiary/aromatic N) is 3. The van der Waals surface area contributed by atoms with Gasteiger partial charge in [0.15, 0.2) is 6.61 Å². The van der Waals surface area contributed by atoms with Crippen LogP contribution in [-0.4, -0.2) is 78.9 Å². The van der Waals surface area contributed by atoms with E-state index in [9.17, 15) is 8.78 Å². The summed E-state index contributed by atoms with van der Waals surface area (Å²) < 4.78 is 33.0. The van der Waals surface area contributed by atoms with Crippen molar-refractivity contribution in [3.8, 4) is 5.75 Å². The number of rotatable bonds is 8. The number of halogens is 2. The molecule has 6 nitrogen and oxygen atoms in total. The van der Waals surface area contributed by atoms with Crippen molar-refractivity contribution >= 4 is 5.82 Å². The highest BCUT2D eigenvalue weighted by molar-refractivity contribution is 5.41. The molecule has 1 aromatic rings. The molecule has 0 spiro atoms. The molecule has 8 heteroatoms. The van der Waals surface area contributed by atoms with Crippen molar-refractivity contribution in [1.82, 2.24) is 15.2 Å². The second kappa shape index (κ2) is 8.92. The quantitative estimate of drug-likeness (QED) is 0.723. The van der Waals surface area contributed by atoms with Crippen molar-refractivity contribution < 1.29 is 18.6 Å². The lowest BCUT2D eigenvalue weighted by atomic mass is 10.1. The molecule has 2 heterocycles. The van der Waals surface area contributed by atoms with Gasteiger partial charge in [-0.15, -0.1) is 0 Å². The molecule has 0 unspecified atom stereocenters. The van der Waals surface area contributed by atoms with E-state index in [1.54, 1.807) is 12.1 Å². The average molecular weight is 372 g/mol. The Balaban J connectivity index is 1.80. The van der Waals surface area contributed by atoms with E-state index in [4.69, 9.17) is 9.84 Å². The number of pyridine rings is 1. The molecule has 1 aliphatic heterocycles. The smallest absolute Gasteiger partial charge is 0.293 e. The summed E-state index contributed by atoms with van der Waals surface area (Å²) >= 11 is 0. The molecule has 0 aromatic carbocycles. The van der Waals surface area contributed by atoms with Gasteiger partial charge in [-0.05, 0) is 32.9 Å². The Morgan fingerprint density at radius 3 is 2.42 bits per heavy atom. The van der Waals surface area contributed by atoms with Gasteiger partial charge < -0.3 is 20.1 Å². The monoisotopic (exact) mass is 372 g/mol. The zero-order valence-electron chi connectivity index (χ0n) is 15.8. The van der Waals surface area contributed by atoms with Crippen LogP contribution in [0.15, 0.2) is 18.3 Å². The largest absolute Gasteiger partial charge is 0.486 e. The lowest BCUT2D eigenvalue weighted by molar-refractivity contribution is -0.0429. The lowest BCUT2D eigenvalue weighted by Gasteiger charge is -2.35. The van der Waals surface area contributed by atoms with Gasteiger partial charge in [0, 0.05) is 38.3 Å². The van der Waals surface area contributed by atoms with E-state index in [0.717, 1.165) is 32.0 Å². The fourth-order valence-electron chi connectivity index (χ4n) is 2.62. The summed E-state index contributed by atoms with van der Waals surface area (Å²) in [6.45, 7) is 8.65. The van der Waals surface area contributed by atoms with Crippen LogP contribution >= 0.6 is 0 Å². The number of hydrogen-bond acceptors (Lipinski definition) is 6. The molecule has 1 saturated heterocycles. The fourth-order valence-corrected chi connectivity index (χ4v) is 2.62. The van der Waals surface area contributed by atoms with E-state index in [1.165, 1.54) is 6.20 Å². The van der Waals surface area contributed by atoms with Crippen molar-refractivity contribution in [3.05, 3.63) is 18.3 Å². The Labute approximate surface area is 154 Å². The van der Waals surface area contributed by atoms with Crippen molar-refractivity contribution in [2.45, 2.75) is 32.2 Å². The minimum atomic E-state index is -2.95. The van der Waals surface area contributed by atoms with E-state index >= 15 is 0 Å². The Kier molecular flexibility index (Phi) is 7.14.